The average Bonchev–Trinajstić information content (AvgIpc) is 2.51. The van der Waals surface area contributed by atoms with Gasteiger partial charge in [0.1, 0.15) is 0 Å². The van der Waals surface area contributed by atoms with Crippen LogP contribution in [0.4, 0.5) is 0 Å². The number of nitrogens with zero attached hydrogens (tertiary/aromatic N) is 1. The van der Waals surface area contributed by atoms with Gasteiger partial charge in [0.15, 0.2) is 5.58 Å². The Balaban J connectivity index is 2.51. The van der Waals surface area contributed by atoms with Gasteiger partial charge in [-0.05, 0) is 12.1 Å². The summed E-state index contributed by atoms with van der Waals surface area (Å²) in [5, 5.41) is 0. The highest BCUT2D eigenvalue weighted by atomic mass is 16.4. The number of hydrazine groups is 1. The molecule has 5 nitrogen and oxygen atoms in total. The zero-order valence-corrected chi connectivity index (χ0v) is 7.56. The summed E-state index contributed by atoms with van der Waals surface area (Å²) in [6.45, 7) is 1.04. The fraction of sp³-hybridized carbons (Fsp3) is 0.222. The van der Waals surface area contributed by atoms with Crippen LogP contribution in [0.2, 0.25) is 0 Å². The molecule has 0 fully saturated rings. The van der Waals surface area contributed by atoms with Crippen LogP contribution in [0.3, 0.4) is 0 Å². The van der Waals surface area contributed by atoms with E-state index < -0.39 is 0 Å². The van der Waals surface area contributed by atoms with Gasteiger partial charge in [-0.25, -0.2) is 4.79 Å². The molecule has 0 amide bonds. The molecule has 74 valence electrons. The fourth-order valence-corrected chi connectivity index (χ4v) is 1.40. The SMILES string of the molecule is NNCCn1c(=O)oc2ccccc21. The zero-order chi connectivity index (χ0) is 9.97. The maximum atomic E-state index is 11.4. The van der Waals surface area contributed by atoms with Crippen LogP contribution in [-0.4, -0.2) is 11.1 Å². The average molecular weight is 193 g/mol. The number of nitrogens with two attached hydrogens (primary N) is 1. The van der Waals surface area contributed by atoms with Crippen molar-refractivity contribution >= 4 is 11.1 Å². The minimum atomic E-state index is -0.346. The van der Waals surface area contributed by atoms with Crippen molar-refractivity contribution in [3.63, 3.8) is 0 Å². The second-order valence-electron chi connectivity index (χ2n) is 2.94. The number of fused-ring (bicyclic) bond motifs is 1. The molecule has 2 rings (SSSR count). The van der Waals surface area contributed by atoms with Gasteiger partial charge in [-0.15, -0.1) is 0 Å². The smallest absolute Gasteiger partial charge is 0.408 e. The van der Waals surface area contributed by atoms with Gasteiger partial charge < -0.3 is 4.42 Å². The van der Waals surface area contributed by atoms with Crippen LogP contribution in [0, 0.1) is 0 Å². The number of para-hydroxylation sites is 2. The predicted molar refractivity (Wildman–Crippen MR) is 52.7 cm³/mol. The number of nitrogens with one attached hydrogen (secondary N) is 1. The summed E-state index contributed by atoms with van der Waals surface area (Å²) in [6.07, 6.45) is 0. The van der Waals surface area contributed by atoms with E-state index in [4.69, 9.17) is 10.3 Å². The van der Waals surface area contributed by atoms with Gasteiger partial charge in [-0.2, -0.15) is 0 Å². The van der Waals surface area contributed by atoms with Crippen molar-refractivity contribution < 1.29 is 4.42 Å². The maximum absolute atomic E-state index is 11.4. The first-order chi connectivity index (χ1) is 6.83. The largest absolute Gasteiger partial charge is 0.419 e. The van der Waals surface area contributed by atoms with Gasteiger partial charge in [0, 0.05) is 13.1 Å². The van der Waals surface area contributed by atoms with E-state index in [9.17, 15) is 4.79 Å². The molecule has 1 aromatic carbocycles. The van der Waals surface area contributed by atoms with Crippen LogP contribution < -0.4 is 17.0 Å². The molecule has 0 bridgehead atoms. The minimum absolute atomic E-state index is 0.346. The van der Waals surface area contributed by atoms with Crippen molar-refractivity contribution in [2.45, 2.75) is 6.54 Å². The van der Waals surface area contributed by atoms with Crippen molar-refractivity contribution in [2.75, 3.05) is 6.54 Å². The second kappa shape index (κ2) is 3.65. The van der Waals surface area contributed by atoms with Gasteiger partial charge in [0.2, 0.25) is 0 Å². The van der Waals surface area contributed by atoms with E-state index in [1.54, 1.807) is 10.6 Å². The quantitative estimate of drug-likeness (QED) is 0.534. The predicted octanol–water partition coefficient (Wildman–Crippen LogP) is 0.0578. The molecule has 0 aliphatic rings. The second-order valence-corrected chi connectivity index (χ2v) is 2.94. The summed E-state index contributed by atoms with van der Waals surface area (Å²) < 4.78 is 6.59. The number of rotatable bonds is 3. The van der Waals surface area contributed by atoms with E-state index in [1.165, 1.54) is 0 Å². The van der Waals surface area contributed by atoms with E-state index in [0.29, 0.717) is 18.7 Å². The number of oxazole rings is 1. The number of hydrogen-bond donors (Lipinski definition) is 2. The molecule has 0 saturated carbocycles. The third-order valence-electron chi connectivity index (χ3n) is 2.05. The Kier molecular flexibility index (Phi) is 2.34. The standard InChI is InChI=1S/C9H11N3O2/c10-11-5-6-12-7-3-1-2-4-8(7)14-9(12)13/h1-4,11H,5-6,10H2. The lowest BCUT2D eigenvalue weighted by Gasteiger charge is -1.99. The molecule has 0 atom stereocenters. The Morgan fingerprint density at radius 2 is 2.21 bits per heavy atom. The summed E-state index contributed by atoms with van der Waals surface area (Å²) in [4.78, 5) is 11.4. The Morgan fingerprint density at radius 1 is 1.43 bits per heavy atom. The highest BCUT2D eigenvalue weighted by molar-refractivity contribution is 5.72. The Bertz CT molecular complexity index is 486. The van der Waals surface area contributed by atoms with Crippen LogP contribution in [0.25, 0.3) is 11.1 Å². The highest BCUT2D eigenvalue weighted by Gasteiger charge is 2.06. The number of hydrogen-bond acceptors (Lipinski definition) is 4. The first-order valence-corrected chi connectivity index (χ1v) is 4.35. The van der Waals surface area contributed by atoms with Crippen molar-refractivity contribution in [2.24, 2.45) is 5.84 Å². The summed E-state index contributed by atoms with van der Waals surface area (Å²) in [5.74, 6) is 4.80. The lowest BCUT2D eigenvalue weighted by atomic mass is 10.3. The molecule has 0 unspecified atom stereocenters. The molecule has 1 heterocycles. The van der Waals surface area contributed by atoms with Crippen molar-refractivity contribution in [1.82, 2.24) is 9.99 Å². The van der Waals surface area contributed by atoms with Crippen LogP contribution in [-0.2, 0) is 6.54 Å². The Labute approximate surface area is 80.1 Å². The van der Waals surface area contributed by atoms with Crippen molar-refractivity contribution in [1.29, 1.82) is 0 Å². The van der Waals surface area contributed by atoms with Crippen molar-refractivity contribution in [3.05, 3.63) is 34.8 Å². The van der Waals surface area contributed by atoms with Crippen molar-refractivity contribution in [3.8, 4) is 0 Å². The summed E-state index contributed by atoms with van der Waals surface area (Å²) in [5.41, 5.74) is 3.90. The van der Waals surface area contributed by atoms with Gasteiger partial charge in [0.25, 0.3) is 0 Å². The van der Waals surface area contributed by atoms with E-state index in [0.717, 1.165) is 5.52 Å². The fourth-order valence-electron chi connectivity index (χ4n) is 1.40. The monoisotopic (exact) mass is 193 g/mol. The third kappa shape index (κ3) is 1.43. The first-order valence-electron chi connectivity index (χ1n) is 4.35. The van der Waals surface area contributed by atoms with Crippen LogP contribution in [0.5, 0.6) is 0 Å². The van der Waals surface area contributed by atoms with E-state index in [1.807, 2.05) is 18.2 Å². The van der Waals surface area contributed by atoms with Crippen LogP contribution >= 0.6 is 0 Å². The normalized spacial score (nSPS) is 10.9. The number of benzene rings is 1. The Hall–Kier alpha value is -1.59. The molecule has 5 heteroatoms. The van der Waals surface area contributed by atoms with Gasteiger partial charge >= 0.3 is 5.76 Å². The van der Waals surface area contributed by atoms with E-state index in [2.05, 4.69) is 5.43 Å². The summed E-state index contributed by atoms with van der Waals surface area (Å²) in [6, 6.07) is 7.31. The molecule has 1 aromatic heterocycles. The first kappa shape index (κ1) is 8.98. The topological polar surface area (TPSA) is 73.2 Å². The molecular weight excluding hydrogens is 182 g/mol. The lowest BCUT2D eigenvalue weighted by Crippen LogP contribution is -2.29. The molecule has 14 heavy (non-hydrogen) atoms. The van der Waals surface area contributed by atoms with E-state index >= 15 is 0 Å². The van der Waals surface area contributed by atoms with Crippen LogP contribution in [0.15, 0.2) is 33.5 Å². The molecular formula is C9H11N3O2. The molecule has 3 N–H and O–H groups in total. The molecule has 0 aliphatic heterocycles. The molecule has 2 aromatic rings. The zero-order valence-electron chi connectivity index (χ0n) is 7.56. The van der Waals surface area contributed by atoms with Crippen LogP contribution in [0.1, 0.15) is 0 Å². The lowest BCUT2D eigenvalue weighted by molar-refractivity contribution is 0.496. The number of aromatic nitrogens is 1. The summed E-state index contributed by atoms with van der Waals surface area (Å²) in [7, 11) is 0. The van der Waals surface area contributed by atoms with E-state index in [-0.39, 0.29) is 5.76 Å². The summed E-state index contributed by atoms with van der Waals surface area (Å²) >= 11 is 0. The minimum Gasteiger partial charge on any atom is -0.408 e. The van der Waals surface area contributed by atoms with Gasteiger partial charge in [0.05, 0.1) is 5.52 Å². The maximum Gasteiger partial charge on any atom is 0.419 e. The van der Waals surface area contributed by atoms with Gasteiger partial charge in [-0.3, -0.25) is 15.8 Å². The highest BCUT2D eigenvalue weighted by Crippen LogP contribution is 2.10. The Morgan fingerprint density at radius 3 is 3.00 bits per heavy atom. The molecule has 0 radical (unpaired) electrons. The van der Waals surface area contributed by atoms with Gasteiger partial charge in [-0.1, -0.05) is 12.1 Å². The molecule has 0 saturated heterocycles. The molecule has 0 spiro atoms. The molecule has 0 aliphatic carbocycles. The third-order valence-corrected chi connectivity index (χ3v) is 2.05.